The molecule has 7 nitrogen and oxygen atoms in total. The van der Waals surface area contributed by atoms with Gasteiger partial charge in [-0.15, -0.1) is 21.9 Å². The van der Waals surface area contributed by atoms with E-state index < -0.39 is 5.09 Å². The summed E-state index contributed by atoms with van der Waals surface area (Å²) in [5.74, 6) is 0.841. The smallest absolute Gasteiger partial charge is 0.291 e. The lowest BCUT2D eigenvalue weighted by Crippen LogP contribution is -2.22. The van der Waals surface area contributed by atoms with E-state index >= 15 is 0 Å². The first-order valence-electron chi connectivity index (χ1n) is 8.46. The Bertz CT molecular complexity index is 809. The number of aromatic nitrogens is 2. The second kappa shape index (κ2) is 12.3. The van der Waals surface area contributed by atoms with Gasteiger partial charge in [-0.1, -0.05) is 35.3 Å². The molecule has 0 spiro atoms. The van der Waals surface area contributed by atoms with Gasteiger partial charge in [0.25, 0.3) is 5.09 Å². The molecule has 0 aliphatic rings. The molecule has 1 aromatic heterocycles. The van der Waals surface area contributed by atoms with Gasteiger partial charge in [0.1, 0.15) is 0 Å². The summed E-state index contributed by atoms with van der Waals surface area (Å²) in [4.78, 5) is 13.6. The average molecular weight is 456 g/mol. The van der Waals surface area contributed by atoms with Crippen molar-refractivity contribution >= 4 is 35.0 Å². The number of hydrogen-bond donors (Lipinski definition) is 1. The van der Waals surface area contributed by atoms with Crippen molar-refractivity contribution < 1.29 is 15.0 Å². The van der Waals surface area contributed by atoms with Crippen LogP contribution in [0.5, 0.6) is 0 Å². The molecule has 2 aromatic carbocycles. The minimum Gasteiger partial charge on any atom is -0.371 e. The number of nitrogens with zero attached hydrogens (tertiary/aromatic N) is 3. The largest absolute Gasteiger partial charge is 0.371 e. The van der Waals surface area contributed by atoms with E-state index in [2.05, 4.69) is 4.98 Å². The van der Waals surface area contributed by atoms with Crippen LogP contribution in [0.2, 0.25) is 10.0 Å². The summed E-state index contributed by atoms with van der Waals surface area (Å²) in [5, 5.41) is 15.1. The Hall–Kier alpha value is -2.26. The van der Waals surface area contributed by atoms with E-state index in [1.165, 1.54) is 4.90 Å². The fraction of sp³-hybridized carbons (Fsp3) is 0.211. The highest BCUT2D eigenvalue weighted by Crippen LogP contribution is 2.23. The predicted octanol–water partition coefficient (Wildman–Crippen LogP) is 5.22. The van der Waals surface area contributed by atoms with Crippen molar-refractivity contribution in [2.24, 2.45) is 0 Å². The van der Waals surface area contributed by atoms with Crippen molar-refractivity contribution in [3.05, 3.63) is 93.0 Å². The van der Waals surface area contributed by atoms with E-state index in [4.69, 9.17) is 43.3 Å². The van der Waals surface area contributed by atoms with Crippen molar-refractivity contribution in [1.82, 2.24) is 9.55 Å². The summed E-state index contributed by atoms with van der Waals surface area (Å²) in [6.07, 6.45) is 5.60. The minimum absolute atomic E-state index is 0.0607. The molecule has 1 atom stereocenters. The van der Waals surface area contributed by atoms with Gasteiger partial charge in [0, 0.05) is 33.1 Å². The highest BCUT2D eigenvalue weighted by Gasteiger charge is 2.12. The molecule has 0 saturated carbocycles. The molecule has 0 saturated heterocycles. The topological polar surface area (TPSA) is 90.4 Å². The molecule has 1 unspecified atom stereocenters. The highest BCUT2D eigenvalue weighted by molar-refractivity contribution is 7.99. The van der Waals surface area contributed by atoms with Crippen LogP contribution in [-0.4, -0.2) is 31.7 Å². The second-order valence-electron chi connectivity index (χ2n) is 5.82. The van der Waals surface area contributed by atoms with Gasteiger partial charge < -0.3 is 14.5 Å². The van der Waals surface area contributed by atoms with Crippen LogP contribution < -0.4 is 0 Å². The van der Waals surface area contributed by atoms with Gasteiger partial charge in [-0.2, -0.15) is 0 Å². The first-order chi connectivity index (χ1) is 13.9. The first kappa shape index (κ1) is 23.0. The van der Waals surface area contributed by atoms with Crippen LogP contribution in [0.4, 0.5) is 0 Å². The number of thioether (sulfide) groups is 1. The summed E-state index contributed by atoms with van der Waals surface area (Å²) >= 11 is 13.6. The van der Waals surface area contributed by atoms with Crippen molar-refractivity contribution in [2.75, 3.05) is 5.75 Å². The van der Waals surface area contributed by atoms with Crippen molar-refractivity contribution in [2.45, 2.75) is 24.2 Å². The van der Waals surface area contributed by atoms with Crippen LogP contribution in [0.3, 0.4) is 0 Å². The maximum atomic E-state index is 8.36. The quantitative estimate of drug-likeness (QED) is 0.284. The normalized spacial score (nSPS) is 11.4. The number of imidazole rings is 1. The monoisotopic (exact) mass is 455 g/mol. The van der Waals surface area contributed by atoms with E-state index in [1.54, 1.807) is 18.0 Å². The Morgan fingerprint density at radius 3 is 2.28 bits per heavy atom. The average Bonchev–Trinajstić information content (AvgIpc) is 3.19. The van der Waals surface area contributed by atoms with Crippen LogP contribution in [0.25, 0.3) is 0 Å². The molecule has 0 amide bonds. The summed E-state index contributed by atoms with van der Waals surface area (Å²) < 4.78 is 8.18. The van der Waals surface area contributed by atoms with Gasteiger partial charge in [-0.3, -0.25) is 0 Å². The van der Waals surface area contributed by atoms with Gasteiger partial charge >= 0.3 is 0 Å². The van der Waals surface area contributed by atoms with Crippen molar-refractivity contribution in [3.63, 3.8) is 0 Å². The predicted molar refractivity (Wildman–Crippen MR) is 113 cm³/mol. The lowest BCUT2D eigenvalue weighted by Gasteiger charge is -2.18. The van der Waals surface area contributed by atoms with E-state index in [1.807, 2.05) is 65.6 Å². The van der Waals surface area contributed by atoms with Crippen LogP contribution in [0.15, 0.2) is 72.1 Å². The molecule has 0 aliphatic carbocycles. The van der Waals surface area contributed by atoms with Crippen LogP contribution in [0, 0.1) is 10.1 Å². The maximum absolute atomic E-state index is 8.36. The molecule has 1 N–H and O–H groups in total. The van der Waals surface area contributed by atoms with Crippen molar-refractivity contribution in [1.29, 1.82) is 0 Å². The zero-order chi connectivity index (χ0) is 21.1. The zero-order valence-electron chi connectivity index (χ0n) is 15.2. The summed E-state index contributed by atoms with van der Waals surface area (Å²) in [5.41, 5.74) is 1.11. The lowest BCUT2D eigenvalue weighted by atomic mass is 10.2. The number of ether oxygens (including phenoxy) is 1. The third-order valence-corrected chi connectivity index (χ3v) is 5.27. The van der Waals surface area contributed by atoms with E-state index in [0.29, 0.717) is 6.61 Å². The number of benzene rings is 2. The maximum Gasteiger partial charge on any atom is 0.291 e. The van der Waals surface area contributed by atoms with Gasteiger partial charge in [0.05, 0.1) is 25.6 Å². The molecule has 0 aliphatic heterocycles. The summed E-state index contributed by atoms with van der Waals surface area (Å²) in [7, 11) is 0. The summed E-state index contributed by atoms with van der Waals surface area (Å²) in [6.45, 7) is 1.31. The van der Waals surface area contributed by atoms with E-state index in [-0.39, 0.29) is 6.10 Å². The number of hydrogen-bond acceptors (Lipinski definition) is 5. The van der Waals surface area contributed by atoms with E-state index in [9.17, 15) is 0 Å². The molecule has 154 valence electrons. The second-order valence-corrected chi connectivity index (χ2v) is 7.79. The molecule has 3 rings (SSSR count). The fourth-order valence-corrected chi connectivity index (χ4v) is 3.46. The molecule has 3 aromatic rings. The molecular formula is C19H19Cl2N3O4S. The van der Waals surface area contributed by atoms with Crippen LogP contribution in [0.1, 0.15) is 5.56 Å². The fourth-order valence-electron chi connectivity index (χ4n) is 2.30. The van der Waals surface area contributed by atoms with Gasteiger partial charge in [0.15, 0.2) is 0 Å². The molecule has 10 heteroatoms. The molecule has 0 fully saturated rings. The SMILES string of the molecule is Clc1ccc(COC(CSc2ccc(Cl)cc2)Cn2ccnc2)cc1.O=[N+]([O-])O. The van der Waals surface area contributed by atoms with Gasteiger partial charge in [0.2, 0.25) is 0 Å². The molecule has 0 bridgehead atoms. The molecule has 0 radical (unpaired) electrons. The van der Waals surface area contributed by atoms with Crippen LogP contribution in [-0.2, 0) is 17.9 Å². The van der Waals surface area contributed by atoms with Crippen molar-refractivity contribution in [3.8, 4) is 0 Å². The Balaban J connectivity index is 0.000000687. The Morgan fingerprint density at radius 2 is 1.72 bits per heavy atom. The Kier molecular flexibility index (Phi) is 9.79. The molecule has 1 heterocycles. The minimum atomic E-state index is -1.50. The first-order valence-corrected chi connectivity index (χ1v) is 10.2. The van der Waals surface area contributed by atoms with Gasteiger partial charge in [-0.05, 0) is 42.0 Å². The lowest BCUT2D eigenvalue weighted by molar-refractivity contribution is -0.742. The highest BCUT2D eigenvalue weighted by atomic mass is 35.5. The zero-order valence-corrected chi connectivity index (χ0v) is 17.6. The van der Waals surface area contributed by atoms with E-state index in [0.717, 1.165) is 27.9 Å². The Morgan fingerprint density at radius 1 is 1.14 bits per heavy atom. The van der Waals surface area contributed by atoms with Crippen LogP contribution >= 0.6 is 35.0 Å². The third-order valence-electron chi connectivity index (χ3n) is 3.62. The number of halogens is 2. The molecular weight excluding hydrogens is 437 g/mol. The molecule has 29 heavy (non-hydrogen) atoms. The number of rotatable bonds is 8. The standard InChI is InChI=1S/C19H18Cl2N2OS.HNO3/c20-16-3-1-15(2-4-16)12-24-18(11-23-10-9-22-14-23)13-25-19-7-5-17(21)6-8-19;2-1(3)4/h1-10,14,18H,11-13H2;(H,2,3,4). The summed E-state index contributed by atoms with van der Waals surface area (Å²) in [6, 6.07) is 15.6. The third kappa shape index (κ3) is 9.67. The van der Waals surface area contributed by atoms with Gasteiger partial charge in [-0.25, -0.2) is 4.98 Å². The Labute approximate surface area is 182 Å².